The summed E-state index contributed by atoms with van der Waals surface area (Å²) in [4.78, 5) is 57.6. The summed E-state index contributed by atoms with van der Waals surface area (Å²) in [5.41, 5.74) is 3.37. The molecule has 0 spiro atoms. The number of carbonyl (C=O) groups is 1. The van der Waals surface area contributed by atoms with Gasteiger partial charge in [0.1, 0.15) is 11.3 Å². The molecule has 0 aliphatic carbocycles. The van der Waals surface area contributed by atoms with E-state index >= 15 is 0 Å². The molecule has 6 heterocycles. The Morgan fingerprint density at radius 3 is 1.21 bits per heavy atom. The number of piperidine rings is 2. The van der Waals surface area contributed by atoms with Gasteiger partial charge in [-0.3, -0.25) is 32.8 Å². The fourth-order valence-corrected chi connectivity index (χ4v) is 12.3. The number of halogens is 3. The summed E-state index contributed by atoms with van der Waals surface area (Å²) in [6, 6.07) is 18.8. The van der Waals surface area contributed by atoms with Crippen LogP contribution < -0.4 is 32.4 Å². The van der Waals surface area contributed by atoms with Gasteiger partial charge in [-0.25, -0.2) is 9.97 Å². The highest BCUT2D eigenvalue weighted by Crippen LogP contribution is 2.29. The summed E-state index contributed by atoms with van der Waals surface area (Å²) >= 11 is 12.6. The predicted molar refractivity (Wildman–Crippen MR) is 407 cm³/mol. The summed E-state index contributed by atoms with van der Waals surface area (Å²) in [5.74, 6) is 1.09. The van der Waals surface area contributed by atoms with E-state index in [2.05, 4.69) is 46.1 Å². The first-order valence-corrected chi connectivity index (χ1v) is 29.7. The summed E-state index contributed by atoms with van der Waals surface area (Å²) in [6.07, 6.45) is -6.38. The Kier molecular flexibility index (Phi) is 30.3. The molecular formula is C42H48B30Cl2FN11O3. The third-order valence-electron chi connectivity index (χ3n) is 16.2. The van der Waals surface area contributed by atoms with E-state index in [-0.39, 0.29) is 23.1 Å². The van der Waals surface area contributed by atoms with Gasteiger partial charge in [0.05, 0.1) is 15.1 Å². The lowest BCUT2D eigenvalue weighted by Gasteiger charge is -2.50. The number of benzene rings is 2. The van der Waals surface area contributed by atoms with Crippen LogP contribution in [0.15, 0.2) is 82.6 Å². The molecule has 47 heteroatoms. The molecule has 1 amide bonds. The lowest BCUT2D eigenvalue weighted by Crippen LogP contribution is -2.88. The average molecular weight is 1170 g/mol. The molecule has 0 bridgehead atoms. The number of alkyl halides is 1. The van der Waals surface area contributed by atoms with Gasteiger partial charge >= 0.3 is 0 Å². The molecular weight excluding hydrogens is 1120 g/mol. The standard InChI is InChI=1S/C22H25ClN6O2.C19H20ClN5O.CH3F.B30/c1-24-19(30)13-29-9-7-15(8-10-29)26-22-25-12-14-11-17(16-5-3-4-6-18(16)23)21(31)28(2)20(14)27-22;1-25-17-12(10-15(18(25)26)14-4-2-3-5-16(14)20)11-22-19(24-17)23-13-6-8-21-9-7-13;1-2;1-17(2)25(18(3)4)29(26(19(5)6)20(7)8)30(27(21(9)10)22(11)12)28(23(13)14)24(15)16/h3-6,11-12,15H,7-10,13H2,1-2H3,(H,24,30)(H,25,26,27);2-5,10-11,13,21H,6-9H2,1H3,(H,22,23,24);1H3;/i;;1D;. The second-order valence-corrected chi connectivity index (χ2v) is 23.2. The van der Waals surface area contributed by atoms with Crippen molar-refractivity contribution in [1.82, 2.24) is 44.6 Å². The van der Waals surface area contributed by atoms with Gasteiger partial charge in [-0.15, -0.1) is 0 Å². The van der Waals surface area contributed by atoms with Crippen LogP contribution in [0.25, 0.3) is 44.3 Å². The van der Waals surface area contributed by atoms with Gasteiger partial charge in [0.2, 0.25) is 17.8 Å². The molecule has 0 unspecified atom stereocenters. The van der Waals surface area contributed by atoms with E-state index < -0.39 is 96.5 Å². The van der Waals surface area contributed by atoms with E-state index in [0.717, 1.165) is 62.6 Å². The molecule has 4 aromatic heterocycles. The molecule has 89 heavy (non-hydrogen) atoms. The zero-order valence-corrected chi connectivity index (χ0v) is 52.0. The van der Waals surface area contributed by atoms with Crippen molar-refractivity contribution in [2.24, 2.45) is 14.1 Å². The maximum absolute atomic E-state index is 13.0. The van der Waals surface area contributed by atoms with Crippen LogP contribution in [-0.2, 0) is 18.9 Å². The van der Waals surface area contributed by atoms with Gasteiger partial charge in [0.25, 0.3) is 11.1 Å². The van der Waals surface area contributed by atoms with Crippen molar-refractivity contribution >= 4 is 276 Å². The lowest BCUT2D eigenvalue weighted by atomic mass is 8.31. The topological polar surface area (TPSA) is 164 Å². The number of anilines is 2. The number of nitrogens with one attached hydrogen (secondary N) is 4. The third kappa shape index (κ3) is 20.2. The molecule has 14 nitrogen and oxygen atoms in total. The van der Waals surface area contributed by atoms with Crippen LogP contribution in [0.3, 0.4) is 0 Å². The smallest absolute Gasteiger partial charge is 0.259 e. The van der Waals surface area contributed by atoms with Crippen molar-refractivity contribution in [2.75, 3.05) is 57.6 Å². The molecule has 0 atom stereocenters. The lowest BCUT2D eigenvalue weighted by molar-refractivity contribution is -0.122. The molecule has 32 radical (unpaired) electrons. The van der Waals surface area contributed by atoms with Crippen LogP contribution in [0.1, 0.15) is 27.1 Å². The van der Waals surface area contributed by atoms with E-state index in [1.54, 1.807) is 56.3 Å². The Morgan fingerprint density at radius 2 is 0.899 bits per heavy atom. The molecule has 2 aromatic carbocycles. The number of aryl methyl sites for hydroxylation is 2. The number of likely N-dealkylation sites (N-methyl/N-ethyl adjacent to an activating group) is 1. The molecule has 4 N–H and O–H groups in total. The van der Waals surface area contributed by atoms with E-state index in [0.29, 0.717) is 68.1 Å². The highest BCUT2D eigenvalue weighted by molar-refractivity contribution is 8.27. The van der Waals surface area contributed by atoms with Crippen molar-refractivity contribution in [1.29, 1.82) is 0 Å². The van der Waals surface area contributed by atoms with Crippen molar-refractivity contribution in [3.63, 3.8) is 0 Å². The summed E-state index contributed by atoms with van der Waals surface area (Å²) < 4.78 is 18.6. The number of fused-ring (bicyclic) bond motifs is 2. The van der Waals surface area contributed by atoms with Crippen molar-refractivity contribution in [2.45, 2.75) is 37.8 Å². The molecule has 2 aliphatic rings. The largest absolute Gasteiger partial charge is 0.358 e. The van der Waals surface area contributed by atoms with Crippen LogP contribution in [0.5, 0.6) is 0 Å². The number of carbonyl (C=O) groups excluding carboxylic acids is 1. The normalized spacial score (nSPS) is 13.2. The maximum Gasteiger partial charge on any atom is 0.259 e. The van der Waals surface area contributed by atoms with Gasteiger partial charge in [0, 0.05) is 315 Å². The first-order valence-electron chi connectivity index (χ1n) is 29.6. The quantitative estimate of drug-likeness (QED) is 0.0509. The monoisotopic (exact) mass is 1170 g/mol. The first-order chi connectivity index (χ1) is 42.6. The minimum absolute atomic E-state index is 0.0290. The number of hydrogen-bond acceptors (Lipinski definition) is 11. The Balaban J connectivity index is 0.000000241. The molecule has 2 fully saturated rings. The van der Waals surface area contributed by atoms with Crippen LogP contribution in [0.2, 0.25) is 10.0 Å². The zero-order valence-electron chi connectivity index (χ0n) is 51.5. The Bertz CT molecular complexity index is 3280. The molecule has 6 aromatic rings. The zero-order chi connectivity index (χ0) is 66.8. The Labute approximate surface area is 563 Å². The SMILES string of the molecule is CNC(=O)CN1CCC(Nc2ncc3cc(-c4ccccc4Cl)c(=O)n(C)c3n2)CC1.Cn1c(=O)c(-c2ccccc2Cl)cc2cnc(NC3CCNCC3)nc21.[2H]CF.[B]B([B])B(B([B])[B])B(B(B([B])[B])B([B])[B])B(B(B([B])[B])B([B])[B])B(B([B])[B])B([B])[B]. The highest BCUT2D eigenvalue weighted by Gasteiger charge is 2.52. The predicted octanol–water partition coefficient (Wildman–Crippen LogP) is -5.75. The van der Waals surface area contributed by atoms with Crippen LogP contribution in [0.4, 0.5) is 16.3 Å². The second-order valence-electron chi connectivity index (χ2n) is 22.4. The van der Waals surface area contributed by atoms with Gasteiger partial charge in [0.15, 0.2) is 0 Å². The second kappa shape index (κ2) is 36.2. The van der Waals surface area contributed by atoms with Crippen molar-refractivity contribution < 1.29 is 10.6 Å². The van der Waals surface area contributed by atoms with E-state index in [4.69, 9.17) is 148 Å². The van der Waals surface area contributed by atoms with Gasteiger partial charge in [-0.2, -0.15) is 9.97 Å². The third-order valence-corrected chi connectivity index (χ3v) is 16.9. The number of pyridine rings is 2. The summed E-state index contributed by atoms with van der Waals surface area (Å²) in [5, 5.41) is 15.4. The number of amides is 1. The average Bonchev–Trinajstić information content (AvgIpc) is 0.892. The number of rotatable bonds is 21. The molecule has 2 aliphatic heterocycles. The van der Waals surface area contributed by atoms with Gasteiger partial charge in [-0.05, 0) is 63.0 Å². The van der Waals surface area contributed by atoms with Crippen molar-refractivity contribution in [3.05, 3.63) is 104 Å². The molecule has 0 saturated carbocycles. The van der Waals surface area contributed by atoms with E-state index in [1.165, 1.54) is 4.57 Å². The summed E-state index contributed by atoms with van der Waals surface area (Å²) in [6.45, 7) is 4.07. The maximum atomic E-state index is 13.0. The van der Waals surface area contributed by atoms with E-state index in [9.17, 15) is 18.8 Å². The molecule has 2 saturated heterocycles. The molecule has 8 rings (SSSR count). The number of likely N-dealkylation sites (tertiary alicyclic amines) is 1. The Morgan fingerprint density at radius 1 is 0.573 bits per heavy atom. The number of aromatic nitrogens is 6. The van der Waals surface area contributed by atoms with Crippen LogP contribution in [-0.4, -0.2) is 312 Å². The van der Waals surface area contributed by atoms with E-state index in [1.807, 2.05) is 42.5 Å². The minimum Gasteiger partial charge on any atom is -0.358 e. The minimum atomic E-state index is -1.07. The number of nitrogens with zero attached hydrogens (tertiary/aromatic N) is 7. The molecule has 400 valence electrons. The van der Waals surface area contributed by atoms with Crippen LogP contribution >= 0.6 is 23.2 Å². The highest BCUT2D eigenvalue weighted by atomic mass is 35.5. The fourth-order valence-electron chi connectivity index (χ4n) is 11.8. The Hall–Kier alpha value is -3.53. The fraction of sp³-hybridized carbons (Fsp3) is 0.357. The summed E-state index contributed by atoms with van der Waals surface area (Å²) in [7, 11) is 100. The first kappa shape index (κ1) is 74.5. The van der Waals surface area contributed by atoms with Gasteiger partial charge < -0.3 is 21.3 Å². The van der Waals surface area contributed by atoms with Crippen molar-refractivity contribution in [3.8, 4) is 22.3 Å². The van der Waals surface area contributed by atoms with Gasteiger partial charge in [-0.1, -0.05) is 59.6 Å². The van der Waals surface area contributed by atoms with Crippen LogP contribution in [0, 0.1) is 0 Å². The number of hydrogen-bond donors (Lipinski definition) is 4.